The van der Waals surface area contributed by atoms with Crippen LogP contribution in [0, 0.1) is 6.92 Å². The number of benzene rings is 2. The number of hydrogen-bond donors (Lipinski definition) is 1. The van der Waals surface area contributed by atoms with E-state index in [9.17, 15) is 4.79 Å². The number of nitrogens with one attached hydrogen (secondary N) is 1. The Kier molecular flexibility index (Phi) is 5.51. The monoisotopic (exact) mass is 387 g/mol. The molecular formula is C15H12BrCl2NO2. The molecule has 3 nitrogen and oxygen atoms in total. The number of aryl methyl sites for hydroxylation is 1. The maximum absolute atomic E-state index is 11.9. The van der Waals surface area contributed by atoms with E-state index in [4.69, 9.17) is 27.9 Å². The standard InChI is InChI=1S/C15H12BrCl2NO2/c1-9-2-3-14(13(16)4-9)19-15(20)8-21-12-6-10(17)5-11(18)7-12/h2-7H,8H2,1H3,(H,19,20). The van der Waals surface area contributed by atoms with Gasteiger partial charge in [0.2, 0.25) is 0 Å². The van der Waals surface area contributed by atoms with E-state index in [-0.39, 0.29) is 12.5 Å². The van der Waals surface area contributed by atoms with Gasteiger partial charge in [0.25, 0.3) is 5.91 Å². The highest BCUT2D eigenvalue weighted by Crippen LogP contribution is 2.25. The van der Waals surface area contributed by atoms with Gasteiger partial charge in [-0.05, 0) is 58.7 Å². The lowest BCUT2D eigenvalue weighted by Crippen LogP contribution is -2.20. The van der Waals surface area contributed by atoms with Crippen LogP contribution in [0.15, 0.2) is 40.9 Å². The fraction of sp³-hybridized carbons (Fsp3) is 0.133. The van der Waals surface area contributed by atoms with Gasteiger partial charge in [0.15, 0.2) is 6.61 Å². The van der Waals surface area contributed by atoms with Crippen molar-refractivity contribution >= 4 is 50.7 Å². The van der Waals surface area contributed by atoms with Gasteiger partial charge in [0, 0.05) is 14.5 Å². The first-order valence-corrected chi connectivity index (χ1v) is 7.64. The zero-order valence-electron chi connectivity index (χ0n) is 11.1. The van der Waals surface area contributed by atoms with E-state index in [0.717, 1.165) is 10.0 Å². The highest BCUT2D eigenvalue weighted by atomic mass is 79.9. The molecule has 21 heavy (non-hydrogen) atoms. The average molecular weight is 389 g/mol. The molecule has 6 heteroatoms. The lowest BCUT2D eigenvalue weighted by atomic mass is 10.2. The number of amides is 1. The summed E-state index contributed by atoms with van der Waals surface area (Å²) in [6.07, 6.45) is 0. The first kappa shape index (κ1) is 16.1. The Morgan fingerprint density at radius 3 is 2.48 bits per heavy atom. The van der Waals surface area contributed by atoms with Crippen LogP contribution in [0.1, 0.15) is 5.56 Å². The van der Waals surface area contributed by atoms with Crippen molar-refractivity contribution in [3.63, 3.8) is 0 Å². The first-order valence-electron chi connectivity index (χ1n) is 6.09. The molecule has 0 aliphatic heterocycles. The van der Waals surface area contributed by atoms with Crippen molar-refractivity contribution in [2.24, 2.45) is 0 Å². The van der Waals surface area contributed by atoms with Gasteiger partial charge in [0.05, 0.1) is 5.69 Å². The fourth-order valence-electron chi connectivity index (χ4n) is 1.67. The summed E-state index contributed by atoms with van der Waals surface area (Å²) in [4.78, 5) is 11.9. The van der Waals surface area contributed by atoms with Crippen molar-refractivity contribution < 1.29 is 9.53 Å². The number of carbonyl (C=O) groups excluding carboxylic acids is 1. The predicted molar refractivity (Wildman–Crippen MR) is 89.5 cm³/mol. The third kappa shape index (κ3) is 4.92. The highest BCUT2D eigenvalue weighted by Gasteiger charge is 2.07. The Labute approximate surface area is 141 Å². The summed E-state index contributed by atoms with van der Waals surface area (Å²) in [5.74, 6) is 0.182. The summed E-state index contributed by atoms with van der Waals surface area (Å²) >= 11 is 15.1. The fourth-order valence-corrected chi connectivity index (χ4v) is 2.77. The number of ether oxygens (including phenoxy) is 1. The van der Waals surface area contributed by atoms with Crippen LogP contribution in [-0.4, -0.2) is 12.5 Å². The maximum Gasteiger partial charge on any atom is 0.262 e. The van der Waals surface area contributed by atoms with Gasteiger partial charge >= 0.3 is 0 Å². The van der Waals surface area contributed by atoms with Gasteiger partial charge in [0.1, 0.15) is 5.75 Å². The highest BCUT2D eigenvalue weighted by molar-refractivity contribution is 9.10. The van der Waals surface area contributed by atoms with E-state index in [2.05, 4.69) is 21.2 Å². The molecule has 110 valence electrons. The van der Waals surface area contributed by atoms with Crippen molar-refractivity contribution in [1.82, 2.24) is 0 Å². The molecule has 0 unspecified atom stereocenters. The first-order chi connectivity index (χ1) is 9.94. The molecule has 1 N–H and O–H groups in total. The number of rotatable bonds is 4. The Hall–Kier alpha value is -1.23. The topological polar surface area (TPSA) is 38.3 Å². The second kappa shape index (κ2) is 7.16. The summed E-state index contributed by atoms with van der Waals surface area (Å²) in [5.41, 5.74) is 1.79. The predicted octanol–water partition coefficient (Wildman–Crippen LogP) is 5.08. The molecule has 0 radical (unpaired) electrons. The van der Waals surface area contributed by atoms with Crippen molar-refractivity contribution in [1.29, 1.82) is 0 Å². The quantitative estimate of drug-likeness (QED) is 0.792. The largest absolute Gasteiger partial charge is 0.484 e. The van der Waals surface area contributed by atoms with E-state index in [0.29, 0.717) is 21.5 Å². The summed E-state index contributed by atoms with van der Waals surface area (Å²) in [5, 5.41) is 3.68. The zero-order chi connectivity index (χ0) is 15.4. The summed E-state index contributed by atoms with van der Waals surface area (Å²) in [6, 6.07) is 10.5. The van der Waals surface area contributed by atoms with Gasteiger partial charge in [-0.3, -0.25) is 4.79 Å². The second-order valence-corrected chi connectivity index (χ2v) is 6.15. The van der Waals surface area contributed by atoms with E-state index in [1.54, 1.807) is 18.2 Å². The Morgan fingerprint density at radius 2 is 1.86 bits per heavy atom. The summed E-state index contributed by atoms with van der Waals surface area (Å²) in [7, 11) is 0. The molecule has 0 heterocycles. The van der Waals surface area contributed by atoms with Gasteiger partial charge in [-0.1, -0.05) is 29.3 Å². The number of carbonyl (C=O) groups is 1. The van der Waals surface area contributed by atoms with Crippen molar-refractivity contribution in [2.75, 3.05) is 11.9 Å². The normalized spacial score (nSPS) is 10.3. The van der Waals surface area contributed by atoms with Crippen LogP contribution in [0.25, 0.3) is 0 Å². The lowest BCUT2D eigenvalue weighted by molar-refractivity contribution is -0.118. The minimum atomic E-state index is -0.268. The molecule has 0 aliphatic rings. The number of hydrogen-bond acceptors (Lipinski definition) is 2. The molecule has 0 saturated carbocycles. The Bertz CT molecular complexity index is 656. The smallest absolute Gasteiger partial charge is 0.262 e. The van der Waals surface area contributed by atoms with Crippen LogP contribution in [0.4, 0.5) is 5.69 Å². The number of halogens is 3. The van der Waals surface area contributed by atoms with Crippen LogP contribution in [0.2, 0.25) is 10.0 Å². The number of anilines is 1. The summed E-state index contributed by atoms with van der Waals surface area (Å²) < 4.78 is 6.19. The zero-order valence-corrected chi connectivity index (χ0v) is 14.2. The van der Waals surface area contributed by atoms with Gasteiger partial charge in [-0.2, -0.15) is 0 Å². The Balaban J connectivity index is 1.95. The van der Waals surface area contributed by atoms with Crippen molar-refractivity contribution in [2.45, 2.75) is 6.92 Å². The van der Waals surface area contributed by atoms with E-state index >= 15 is 0 Å². The third-order valence-electron chi connectivity index (χ3n) is 2.60. The Morgan fingerprint density at radius 1 is 1.19 bits per heavy atom. The van der Waals surface area contributed by atoms with Crippen molar-refractivity contribution in [3.05, 3.63) is 56.5 Å². The molecule has 0 fully saturated rings. The molecular weight excluding hydrogens is 377 g/mol. The third-order valence-corrected chi connectivity index (χ3v) is 3.70. The van der Waals surface area contributed by atoms with E-state index in [1.807, 2.05) is 25.1 Å². The van der Waals surface area contributed by atoms with Gasteiger partial charge in [-0.15, -0.1) is 0 Å². The molecule has 0 atom stereocenters. The summed E-state index contributed by atoms with van der Waals surface area (Å²) in [6.45, 7) is 1.85. The van der Waals surface area contributed by atoms with Gasteiger partial charge in [-0.25, -0.2) is 0 Å². The lowest BCUT2D eigenvalue weighted by Gasteiger charge is -2.10. The molecule has 2 aromatic carbocycles. The van der Waals surface area contributed by atoms with Crippen LogP contribution in [0.5, 0.6) is 5.75 Å². The SMILES string of the molecule is Cc1ccc(NC(=O)COc2cc(Cl)cc(Cl)c2)c(Br)c1. The minimum Gasteiger partial charge on any atom is -0.484 e. The molecule has 2 rings (SSSR count). The average Bonchev–Trinajstić information content (AvgIpc) is 2.39. The minimum absolute atomic E-state index is 0.128. The second-order valence-electron chi connectivity index (χ2n) is 4.43. The van der Waals surface area contributed by atoms with Crippen molar-refractivity contribution in [3.8, 4) is 5.75 Å². The van der Waals surface area contributed by atoms with Crippen LogP contribution in [-0.2, 0) is 4.79 Å². The molecule has 0 saturated heterocycles. The van der Waals surface area contributed by atoms with Crippen LogP contribution in [0.3, 0.4) is 0 Å². The van der Waals surface area contributed by atoms with E-state index < -0.39 is 0 Å². The molecule has 0 spiro atoms. The molecule has 0 bridgehead atoms. The maximum atomic E-state index is 11.9. The molecule has 0 aromatic heterocycles. The molecule has 1 amide bonds. The molecule has 2 aromatic rings. The van der Waals surface area contributed by atoms with E-state index in [1.165, 1.54) is 0 Å². The van der Waals surface area contributed by atoms with Crippen LogP contribution < -0.4 is 10.1 Å². The molecule has 0 aliphatic carbocycles. The van der Waals surface area contributed by atoms with Crippen LogP contribution >= 0.6 is 39.1 Å². The van der Waals surface area contributed by atoms with Gasteiger partial charge < -0.3 is 10.1 Å².